The molecule has 1 aromatic heterocycles. The molecule has 0 spiro atoms. The van der Waals surface area contributed by atoms with Crippen LogP contribution in [0.1, 0.15) is 49.0 Å². The molecule has 1 fully saturated rings. The first-order valence-corrected chi connectivity index (χ1v) is 15.3. The molecule has 1 saturated carbocycles. The number of anilines is 3. The third kappa shape index (κ3) is 9.16. The summed E-state index contributed by atoms with van der Waals surface area (Å²) in [4.78, 5) is 36.6. The number of benzene rings is 2. The second kappa shape index (κ2) is 13.2. The summed E-state index contributed by atoms with van der Waals surface area (Å²) >= 11 is 6.00. The van der Waals surface area contributed by atoms with E-state index in [1.165, 1.54) is 38.1 Å². The summed E-state index contributed by atoms with van der Waals surface area (Å²) in [5.74, 6) is -1.37. The van der Waals surface area contributed by atoms with Gasteiger partial charge in [-0.3, -0.25) is 14.3 Å². The second-order valence-corrected chi connectivity index (χ2v) is 12.9. The lowest BCUT2D eigenvalue weighted by Gasteiger charge is -2.19. The summed E-state index contributed by atoms with van der Waals surface area (Å²) in [6.07, 6.45) is -3.40. The fourth-order valence-corrected chi connectivity index (χ4v) is 4.61. The lowest BCUT2D eigenvalue weighted by Crippen LogP contribution is -2.37. The normalized spacial score (nSPS) is 14.1. The Bertz CT molecular complexity index is 1600. The van der Waals surface area contributed by atoms with E-state index in [1.54, 1.807) is 12.1 Å². The number of nitrogens with one attached hydrogen (secondary N) is 4. The van der Waals surface area contributed by atoms with Crippen LogP contribution < -0.4 is 25.4 Å². The SMILES string of the molecule is CC(C)S(=O)(=O)NC(=O)CCNC(=O)c1ccc(Nc2nc(NC3(c4ccc(Cl)cc4)CC3)nc(OCC(F)(F)F)n2)cc1. The minimum Gasteiger partial charge on any atom is -0.454 e. The van der Waals surface area contributed by atoms with Crippen molar-refractivity contribution < 1.29 is 35.9 Å². The number of ether oxygens (including phenoxy) is 1. The number of halogens is 4. The summed E-state index contributed by atoms with van der Waals surface area (Å²) in [6, 6.07) is 12.6. The first kappa shape index (κ1) is 32.7. The van der Waals surface area contributed by atoms with Crippen LogP contribution in [0.5, 0.6) is 6.01 Å². The molecule has 0 bridgehead atoms. The molecule has 0 aliphatic heterocycles. The first-order valence-electron chi connectivity index (χ1n) is 13.3. The number of nitrogens with zero attached hydrogens (tertiary/aromatic N) is 3. The van der Waals surface area contributed by atoms with Gasteiger partial charge in [0.1, 0.15) is 0 Å². The van der Waals surface area contributed by atoms with Crippen molar-refractivity contribution in [3.05, 3.63) is 64.7 Å². The average molecular weight is 656 g/mol. The van der Waals surface area contributed by atoms with Crippen molar-refractivity contribution in [1.82, 2.24) is 25.0 Å². The maximum absolute atomic E-state index is 12.8. The van der Waals surface area contributed by atoms with Crippen LogP contribution in [0.3, 0.4) is 0 Å². The predicted octanol–water partition coefficient (Wildman–Crippen LogP) is 4.29. The molecule has 236 valence electrons. The molecule has 17 heteroatoms. The molecule has 2 aromatic carbocycles. The Hall–Kier alpha value is -4.18. The van der Waals surface area contributed by atoms with Gasteiger partial charge in [-0.25, -0.2) is 8.42 Å². The second-order valence-electron chi connectivity index (χ2n) is 10.2. The Morgan fingerprint density at radius 3 is 2.23 bits per heavy atom. The van der Waals surface area contributed by atoms with Gasteiger partial charge in [-0.05, 0) is 68.7 Å². The fourth-order valence-electron chi connectivity index (χ4n) is 3.83. The lowest BCUT2D eigenvalue weighted by molar-refractivity contribution is -0.154. The molecule has 1 aliphatic rings. The van der Waals surface area contributed by atoms with Gasteiger partial charge in [0.15, 0.2) is 6.61 Å². The topological polar surface area (TPSA) is 164 Å². The van der Waals surface area contributed by atoms with E-state index in [2.05, 4.69) is 30.9 Å². The zero-order valence-electron chi connectivity index (χ0n) is 23.5. The monoisotopic (exact) mass is 655 g/mol. The Morgan fingerprint density at radius 1 is 1.00 bits per heavy atom. The highest BCUT2D eigenvalue weighted by Crippen LogP contribution is 2.48. The van der Waals surface area contributed by atoms with Crippen LogP contribution in [0.25, 0.3) is 0 Å². The van der Waals surface area contributed by atoms with E-state index in [9.17, 15) is 31.2 Å². The number of carbonyl (C=O) groups is 2. The van der Waals surface area contributed by atoms with Crippen LogP contribution in [0, 0.1) is 0 Å². The largest absolute Gasteiger partial charge is 0.454 e. The molecule has 4 rings (SSSR count). The molecule has 4 N–H and O–H groups in total. The standard InChI is InChI=1S/C27H29ClF3N7O5S/c1-16(2)44(41,42)38-21(39)11-14-32-22(40)17-3-9-20(10-4-17)33-23-34-24(36-25(35-23)43-15-27(29,30)31)37-26(12-13-26)18-5-7-19(28)8-6-18/h3-10,16H,11-15H2,1-2H3,(H,32,40)(H,38,39)(H2,33,34,35,36,37). The van der Waals surface area contributed by atoms with Crippen molar-refractivity contribution in [2.75, 3.05) is 23.8 Å². The molecule has 0 unspecified atom stereocenters. The third-order valence-electron chi connectivity index (χ3n) is 6.40. The van der Waals surface area contributed by atoms with Gasteiger partial charge < -0.3 is 20.7 Å². The quantitative estimate of drug-likeness (QED) is 0.209. The molecule has 3 aromatic rings. The smallest absolute Gasteiger partial charge is 0.422 e. The van der Waals surface area contributed by atoms with Crippen LogP contribution in [-0.4, -0.2) is 59.8 Å². The van der Waals surface area contributed by atoms with Crippen molar-refractivity contribution in [1.29, 1.82) is 0 Å². The highest BCUT2D eigenvalue weighted by molar-refractivity contribution is 7.90. The van der Waals surface area contributed by atoms with E-state index in [-0.39, 0.29) is 30.4 Å². The van der Waals surface area contributed by atoms with Crippen molar-refractivity contribution >= 4 is 51.0 Å². The predicted molar refractivity (Wildman–Crippen MR) is 156 cm³/mol. The average Bonchev–Trinajstić information content (AvgIpc) is 3.72. The van der Waals surface area contributed by atoms with Crippen LogP contribution >= 0.6 is 11.6 Å². The number of aromatic nitrogens is 3. The van der Waals surface area contributed by atoms with Crippen molar-refractivity contribution in [3.8, 4) is 6.01 Å². The van der Waals surface area contributed by atoms with Gasteiger partial charge in [0.2, 0.25) is 27.8 Å². The molecular formula is C27H29ClF3N7O5S. The molecule has 1 aliphatic carbocycles. The van der Waals surface area contributed by atoms with E-state index in [1.807, 2.05) is 16.9 Å². The Balaban J connectivity index is 1.42. The summed E-state index contributed by atoms with van der Waals surface area (Å²) in [5, 5.41) is 8.35. The van der Waals surface area contributed by atoms with Crippen LogP contribution in [0.15, 0.2) is 48.5 Å². The van der Waals surface area contributed by atoms with Gasteiger partial charge in [0.25, 0.3) is 5.91 Å². The molecule has 0 radical (unpaired) electrons. The number of amides is 2. The van der Waals surface area contributed by atoms with Crippen molar-refractivity contribution in [3.63, 3.8) is 0 Å². The number of sulfonamides is 1. The number of alkyl halides is 3. The molecule has 0 atom stereocenters. The Kier molecular flexibility index (Phi) is 9.83. The van der Waals surface area contributed by atoms with E-state index in [0.717, 1.165) is 18.4 Å². The fraction of sp³-hybridized carbons (Fsp3) is 0.370. The van der Waals surface area contributed by atoms with Crippen molar-refractivity contribution in [2.24, 2.45) is 0 Å². The van der Waals surface area contributed by atoms with Gasteiger partial charge in [-0.1, -0.05) is 23.7 Å². The highest BCUT2D eigenvalue weighted by Gasteiger charge is 2.45. The van der Waals surface area contributed by atoms with Gasteiger partial charge in [0, 0.05) is 29.2 Å². The molecule has 0 saturated heterocycles. The van der Waals surface area contributed by atoms with E-state index in [4.69, 9.17) is 16.3 Å². The van der Waals surface area contributed by atoms with E-state index in [0.29, 0.717) is 10.7 Å². The van der Waals surface area contributed by atoms with Crippen LogP contribution in [0.4, 0.5) is 30.8 Å². The minimum absolute atomic E-state index is 0.00615. The number of rotatable bonds is 13. The summed E-state index contributed by atoms with van der Waals surface area (Å²) < 4.78 is 68.7. The summed E-state index contributed by atoms with van der Waals surface area (Å²) in [7, 11) is -3.77. The summed E-state index contributed by atoms with van der Waals surface area (Å²) in [6.45, 7) is 1.16. The Morgan fingerprint density at radius 2 is 1.64 bits per heavy atom. The molecule has 44 heavy (non-hydrogen) atoms. The number of carbonyl (C=O) groups excluding carboxylic acids is 2. The molecule has 12 nitrogen and oxygen atoms in total. The Labute approximate surface area is 256 Å². The minimum atomic E-state index is -4.61. The molecule has 1 heterocycles. The molecule has 2 amide bonds. The van der Waals surface area contributed by atoms with Gasteiger partial charge in [-0.15, -0.1) is 0 Å². The maximum Gasteiger partial charge on any atom is 0.422 e. The summed E-state index contributed by atoms with van der Waals surface area (Å²) in [5.41, 5.74) is 1.02. The molecular weight excluding hydrogens is 627 g/mol. The van der Waals surface area contributed by atoms with Gasteiger partial charge >= 0.3 is 12.2 Å². The highest BCUT2D eigenvalue weighted by atomic mass is 35.5. The van der Waals surface area contributed by atoms with Crippen LogP contribution in [-0.2, 0) is 20.4 Å². The number of hydrogen-bond donors (Lipinski definition) is 4. The van der Waals surface area contributed by atoms with E-state index >= 15 is 0 Å². The maximum atomic E-state index is 12.8. The van der Waals surface area contributed by atoms with Gasteiger partial charge in [-0.2, -0.15) is 28.1 Å². The first-order chi connectivity index (χ1) is 20.6. The lowest BCUT2D eigenvalue weighted by atomic mass is 10.1. The van der Waals surface area contributed by atoms with Gasteiger partial charge in [0.05, 0.1) is 10.8 Å². The van der Waals surface area contributed by atoms with Crippen molar-refractivity contribution in [2.45, 2.75) is 50.1 Å². The zero-order valence-corrected chi connectivity index (χ0v) is 25.1. The number of hydrogen-bond acceptors (Lipinski definition) is 10. The zero-order chi connectivity index (χ0) is 32.1. The third-order valence-corrected chi connectivity index (χ3v) is 8.40. The van der Waals surface area contributed by atoms with E-state index < -0.39 is 51.4 Å². The van der Waals surface area contributed by atoms with Crippen LogP contribution in [0.2, 0.25) is 5.02 Å².